The molecule has 0 aromatic carbocycles. The predicted octanol–water partition coefficient (Wildman–Crippen LogP) is 3.67. The maximum atomic E-state index is 10.7. The van der Waals surface area contributed by atoms with Gasteiger partial charge in [0, 0.05) is 12.1 Å². The molecule has 0 radical (unpaired) electrons. The number of rotatable bonds is 4. The van der Waals surface area contributed by atoms with Crippen LogP contribution in [0.5, 0.6) is 0 Å². The lowest BCUT2D eigenvalue weighted by Gasteiger charge is -2.46. The minimum absolute atomic E-state index is 0.107. The smallest absolute Gasteiger partial charge is 0.404 e. The summed E-state index contributed by atoms with van der Waals surface area (Å²) in [5.41, 5.74) is 0.238. The van der Waals surface area contributed by atoms with Crippen molar-refractivity contribution in [3.63, 3.8) is 0 Å². The third kappa shape index (κ3) is 4.75. The Morgan fingerprint density at radius 1 is 0.739 bits per heavy atom. The zero-order valence-electron chi connectivity index (χ0n) is 14.2. The first-order chi connectivity index (χ1) is 10.8. The van der Waals surface area contributed by atoms with Crippen LogP contribution in [0.3, 0.4) is 0 Å². The molecule has 6 heteroatoms. The zero-order chi connectivity index (χ0) is 17.0. The van der Waals surface area contributed by atoms with Crippen LogP contribution < -0.4 is 10.6 Å². The average Bonchev–Trinajstić information content (AvgIpc) is 2.47. The van der Waals surface area contributed by atoms with Gasteiger partial charge in [0.25, 0.3) is 0 Å². The summed E-state index contributed by atoms with van der Waals surface area (Å²) in [5.74, 6) is 1.26. The third-order valence-electron chi connectivity index (χ3n) is 6.21. The van der Waals surface area contributed by atoms with Crippen LogP contribution in [0.4, 0.5) is 9.59 Å². The molecule has 0 aliphatic heterocycles. The van der Waals surface area contributed by atoms with Crippen molar-refractivity contribution in [1.29, 1.82) is 0 Å². The van der Waals surface area contributed by atoms with Gasteiger partial charge in [0.1, 0.15) is 0 Å². The lowest BCUT2D eigenvalue weighted by Crippen LogP contribution is -2.44. The quantitative estimate of drug-likeness (QED) is 0.633. The molecule has 6 nitrogen and oxygen atoms in total. The normalized spacial score (nSPS) is 32.1. The number of carboxylic acid groups (broad SMARTS) is 2. The number of amides is 2. The van der Waals surface area contributed by atoms with Gasteiger partial charge in [-0.05, 0) is 68.6 Å². The maximum absolute atomic E-state index is 10.7. The topological polar surface area (TPSA) is 98.7 Å². The molecule has 2 aliphatic rings. The zero-order valence-corrected chi connectivity index (χ0v) is 14.2. The molecule has 2 rings (SSSR count). The van der Waals surface area contributed by atoms with E-state index in [9.17, 15) is 9.59 Å². The van der Waals surface area contributed by atoms with Gasteiger partial charge in [-0.3, -0.25) is 0 Å². The number of carbonyl (C=O) groups is 2. The van der Waals surface area contributed by atoms with Gasteiger partial charge in [0.15, 0.2) is 0 Å². The summed E-state index contributed by atoms with van der Waals surface area (Å²) < 4.78 is 0. The average molecular weight is 326 g/mol. The second-order valence-corrected chi connectivity index (χ2v) is 7.82. The van der Waals surface area contributed by atoms with Crippen molar-refractivity contribution in [3.8, 4) is 0 Å². The minimum atomic E-state index is -0.919. The summed E-state index contributed by atoms with van der Waals surface area (Å²) >= 11 is 0. The van der Waals surface area contributed by atoms with Crippen LogP contribution in [0.2, 0.25) is 0 Å². The van der Waals surface area contributed by atoms with Crippen LogP contribution in [0, 0.1) is 17.3 Å². The van der Waals surface area contributed by atoms with E-state index in [4.69, 9.17) is 10.2 Å². The van der Waals surface area contributed by atoms with Gasteiger partial charge >= 0.3 is 12.2 Å². The van der Waals surface area contributed by atoms with Gasteiger partial charge < -0.3 is 20.8 Å². The second kappa shape index (κ2) is 7.41. The van der Waals surface area contributed by atoms with Crippen molar-refractivity contribution in [2.75, 3.05) is 0 Å². The summed E-state index contributed by atoms with van der Waals surface area (Å²) in [4.78, 5) is 21.5. The van der Waals surface area contributed by atoms with Gasteiger partial charge in [-0.25, -0.2) is 9.59 Å². The molecule has 0 saturated heterocycles. The maximum Gasteiger partial charge on any atom is 0.404 e. The van der Waals surface area contributed by atoms with Crippen molar-refractivity contribution >= 4 is 12.2 Å². The Labute approximate surface area is 138 Å². The Hall–Kier alpha value is -1.46. The molecule has 2 fully saturated rings. The second-order valence-electron chi connectivity index (χ2n) is 7.82. The standard InChI is InChI=1S/C17H30N2O4/c1-17(2,11-3-7-13(8-4-11)18-15(20)21)12-5-9-14(10-6-12)19-16(22)23/h11-14,18-19H,3-10H2,1-2H3,(H,20,21)(H,22,23). The predicted molar refractivity (Wildman–Crippen MR) is 87.6 cm³/mol. The van der Waals surface area contributed by atoms with Gasteiger partial charge in [-0.1, -0.05) is 13.8 Å². The van der Waals surface area contributed by atoms with Crippen LogP contribution in [0.25, 0.3) is 0 Å². The molecule has 0 spiro atoms. The van der Waals surface area contributed by atoms with E-state index in [1.807, 2.05) is 0 Å². The Morgan fingerprint density at radius 3 is 1.30 bits per heavy atom. The van der Waals surface area contributed by atoms with E-state index in [1.165, 1.54) is 0 Å². The molecular formula is C17H30N2O4. The summed E-state index contributed by atoms with van der Waals surface area (Å²) in [7, 11) is 0. The molecule has 23 heavy (non-hydrogen) atoms. The molecule has 2 saturated carbocycles. The first-order valence-corrected chi connectivity index (χ1v) is 8.78. The molecule has 0 bridgehead atoms. The van der Waals surface area contributed by atoms with Gasteiger partial charge in [0.05, 0.1) is 0 Å². The Kier molecular flexibility index (Phi) is 5.76. The molecule has 0 aromatic heterocycles. The molecule has 2 amide bonds. The van der Waals surface area contributed by atoms with Gasteiger partial charge in [-0.2, -0.15) is 0 Å². The lowest BCUT2D eigenvalue weighted by molar-refractivity contribution is 0.0471. The van der Waals surface area contributed by atoms with Gasteiger partial charge in [0.2, 0.25) is 0 Å². The fraction of sp³-hybridized carbons (Fsp3) is 0.882. The molecular weight excluding hydrogens is 296 g/mol. The first kappa shape index (κ1) is 17.9. The Balaban J connectivity index is 1.83. The van der Waals surface area contributed by atoms with E-state index in [0.29, 0.717) is 11.8 Å². The van der Waals surface area contributed by atoms with E-state index in [0.717, 1.165) is 51.4 Å². The molecule has 0 aromatic rings. The summed E-state index contributed by atoms with van der Waals surface area (Å²) in [6.07, 6.45) is 6.17. The monoisotopic (exact) mass is 326 g/mol. The fourth-order valence-corrected chi connectivity index (χ4v) is 4.65. The largest absolute Gasteiger partial charge is 0.465 e. The van der Waals surface area contributed by atoms with Crippen molar-refractivity contribution in [1.82, 2.24) is 10.6 Å². The van der Waals surface area contributed by atoms with E-state index in [-0.39, 0.29) is 17.5 Å². The van der Waals surface area contributed by atoms with Crippen LogP contribution in [-0.4, -0.2) is 34.5 Å². The van der Waals surface area contributed by atoms with Crippen LogP contribution in [0.1, 0.15) is 65.2 Å². The highest BCUT2D eigenvalue weighted by Crippen LogP contribution is 2.48. The number of nitrogens with one attached hydrogen (secondary N) is 2. The van der Waals surface area contributed by atoms with Crippen LogP contribution >= 0.6 is 0 Å². The Bertz CT molecular complexity index is 384. The van der Waals surface area contributed by atoms with E-state index in [2.05, 4.69) is 24.5 Å². The third-order valence-corrected chi connectivity index (χ3v) is 6.21. The molecule has 0 unspecified atom stereocenters. The van der Waals surface area contributed by atoms with Gasteiger partial charge in [-0.15, -0.1) is 0 Å². The summed E-state index contributed by atoms with van der Waals surface area (Å²) in [6.45, 7) is 4.69. The van der Waals surface area contributed by atoms with E-state index in [1.54, 1.807) is 0 Å². The highest BCUT2D eigenvalue weighted by molar-refractivity contribution is 5.65. The highest BCUT2D eigenvalue weighted by Gasteiger charge is 2.40. The molecule has 132 valence electrons. The van der Waals surface area contributed by atoms with Crippen molar-refractivity contribution < 1.29 is 19.8 Å². The van der Waals surface area contributed by atoms with E-state index >= 15 is 0 Å². The molecule has 2 aliphatic carbocycles. The molecule has 4 N–H and O–H groups in total. The minimum Gasteiger partial charge on any atom is -0.465 e. The number of hydrogen-bond donors (Lipinski definition) is 4. The summed E-state index contributed by atoms with van der Waals surface area (Å²) in [5, 5.41) is 22.9. The van der Waals surface area contributed by atoms with Crippen molar-refractivity contribution in [3.05, 3.63) is 0 Å². The van der Waals surface area contributed by atoms with Crippen LogP contribution in [-0.2, 0) is 0 Å². The summed E-state index contributed by atoms with van der Waals surface area (Å²) in [6, 6.07) is 0.213. The van der Waals surface area contributed by atoms with Crippen molar-refractivity contribution in [2.45, 2.75) is 77.3 Å². The lowest BCUT2D eigenvalue weighted by atomic mass is 9.60. The van der Waals surface area contributed by atoms with Crippen molar-refractivity contribution in [2.24, 2.45) is 17.3 Å². The number of hydrogen-bond acceptors (Lipinski definition) is 2. The highest BCUT2D eigenvalue weighted by atomic mass is 16.4. The molecule has 0 atom stereocenters. The Morgan fingerprint density at radius 2 is 1.04 bits per heavy atom. The SMILES string of the molecule is CC(C)(C1CCC(NC(=O)O)CC1)C1CCC(NC(=O)O)CC1. The van der Waals surface area contributed by atoms with Crippen LogP contribution in [0.15, 0.2) is 0 Å². The first-order valence-electron chi connectivity index (χ1n) is 8.78. The van der Waals surface area contributed by atoms with E-state index < -0.39 is 12.2 Å². The fourth-order valence-electron chi connectivity index (χ4n) is 4.65. The molecule has 0 heterocycles.